The predicted octanol–water partition coefficient (Wildman–Crippen LogP) is 6.89. The van der Waals surface area contributed by atoms with Gasteiger partial charge in [-0.3, -0.25) is 14.4 Å². The number of benzene rings is 4. The van der Waals surface area contributed by atoms with Crippen LogP contribution in [0.5, 0.6) is 17.2 Å². The number of ether oxygens (including phenoxy) is 3. The smallest absolute Gasteiger partial charge is 0.272 e. The highest BCUT2D eigenvalue weighted by Gasteiger charge is 2.19. The number of nitrogens with one attached hydrogen (secondary N) is 3. The second-order valence-electron chi connectivity index (χ2n) is 9.54. The number of carbonyl (C=O) groups is 3. The summed E-state index contributed by atoms with van der Waals surface area (Å²) in [4.78, 5) is 40.1. The van der Waals surface area contributed by atoms with Gasteiger partial charge in [0.2, 0.25) is 5.91 Å². The molecule has 4 rings (SSSR count). The normalized spacial score (nSPS) is 11.6. The Bertz CT molecular complexity index is 1700. The van der Waals surface area contributed by atoms with E-state index in [-0.39, 0.29) is 11.6 Å². The Morgan fingerprint density at radius 1 is 0.778 bits per heavy atom. The number of carbonyl (C=O) groups excluding carboxylic acids is 3. The average Bonchev–Trinajstić information content (AvgIpc) is 3.05. The fraction of sp³-hybridized carbons (Fsp3) is 0.147. The highest BCUT2D eigenvalue weighted by atomic mass is 35.5. The zero-order valence-corrected chi connectivity index (χ0v) is 26.6. The third-order valence-electron chi connectivity index (χ3n) is 6.48. The molecule has 0 saturated heterocycles. The molecule has 45 heavy (non-hydrogen) atoms. The van der Waals surface area contributed by atoms with E-state index >= 15 is 0 Å². The van der Waals surface area contributed by atoms with E-state index in [9.17, 15) is 14.4 Å². The minimum absolute atomic E-state index is 0.00205. The van der Waals surface area contributed by atoms with Gasteiger partial charge in [-0.05, 0) is 73.7 Å². The summed E-state index contributed by atoms with van der Waals surface area (Å²) in [5.41, 5.74) is 1.98. The van der Waals surface area contributed by atoms with Crippen LogP contribution >= 0.6 is 23.4 Å². The van der Waals surface area contributed by atoms with Gasteiger partial charge in [0.1, 0.15) is 11.4 Å². The van der Waals surface area contributed by atoms with E-state index in [4.69, 9.17) is 25.8 Å². The van der Waals surface area contributed by atoms with Crippen LogP contribution in [-0.2, 0) is 9.59 Å². The fourth-order valence-corrected chi connectivity index (χ4v) is 5.31. The van der Waals surface area contributed by atoms with E-state index in [1.807, 2.05) is 0 Å². The molecule has 4 aromatic rings. The van der Waals surface area contributed by atoms with Crippen molar-refractivity contribution in [3.8, 4) is 17.2 Å². The maximum Gasteiger partial charge on any atom is 0.272 e. The number of anilines is 2. The number of para-hydroxylation sites is 1. The molecule has 0 radical (unpaired) electrons. The van der Waals surface area contributed by atoms with Crippen LogP contribution in [0.4, 0.5) is 11.4 Å². The summed E-state index contributed by atoms with van der Waals surface area (Å²) in [6.07, 6.45) is 1.53. The molecule has 0 heterocycles. The molecule has 11 heteroatoms. The zero-order valence-electron chi connectivity index (χ0n) is 25.1. The van der Waals surface area contributed by atoms with Gasteiger partial charge in [-0.15, -0.1) is 11.8 Å². The highest BCUT2D eigenvalue weighted by Crippen LogP contribution is 2.32. The monoisotopic (exact) mass is 645 g/mol. The SMILES string of the molecule is COc1ccc(NC(=O)C(C)Sc2ccc(NC(=O)/C(=C/c3cccc(OC)c3OC)NC(=O)c3ccccc3)cc2)cc1Cl. The summed E-state index contributed by atoms with van der Waals surface area (Å²) < 4.78 is 16.0. The molecule has 0 aliphatic carbocycles. The van der Waals surface area contributed by atoms with Crippen molar-refractivity contribution < 1.29 is 28.6 Å². The first-order chi connectivity index (χ1) is 21.7. The van der Waals surface area contributed by atoms with Crippen LogP contribution in [0.25, 0.3) is 6.08 Å². The van der Waals surface area contributed by atoms with Gasteiger partial charge < -0.3 is 30.2 Å². The van der Waals surface area contributed by atoms with Crippen molar-refractivity contribution in [1.29, 1.82) is 0 Å². The van der Waals surface area contributed by atoms with Gasteiger partial charge in [0, 0.05) is 27.4 Å². The Morgan fingerprint density at radius 2 is 1.47 bits per heavy atom. The lowest BCUT2D eigenvalue weighted by molar-refractivity contribution is -0.115. The highest BCUT2D eigenvalue weighted by molar-refractivity contribution is 8.00. The van der Waals surface area contributed by atoms with Crippen molar-refractivity contribution >= 4 is 58.5 Å². The summed E-state index contributed by atoms with van der Waals surface area (Å²) in [7, 11) is 4.53. The summed E-state index contributed by atoms with van der Waals surface area (Å²) >= 11 is 7.52. The molecule has 0 aromatic heterocycles. The third-order valence-corrected chi connectivity index (χ3v) is 7.88. The van der Waals surface area contributed by atoms with Crippen molar-refractivity contribution in [3.05, 3.63) is 113 Å². The first kappa shape index (κ1) is 33.0. The molecule has 0 spiro atoms. The fourth-order valence-electron chi connectivity index (χ4n) is 4.18. The summed E-state index contributed by atoms with van der Waals surface area (Å²) in [5.74, 6) is 0.212. The van der Waals surface area contributed by atoms with Crippen LogP contribution < -0.4 is 30.2 Å². The third kappa shape index (κ3) is 8.81. The maximum absolute atomic E-state index is 13.5. The Morgan fingerprint density at radius 3 is 2.11 bits per heavy atom. The number of hydrogen-bond acceptors (Lipinski definition) is 7. The molecule has 3 amide bonds. The summed E-state index contributed by atoms with van der Waals surface area (Å²) in [6, 6.07) is 25.9. The van der Waals surface area contributed by atoms with Crippen LogP contribution in [0, 0.1) is 0 Å². The van der Waals surface area contributed by atoms with E-state index in [2.05, 4.69) is 16.0 Å². The molecule has 0 saturated carbocycles. The van der Waals surface area contributed by atoms with Crippen molar-refractivity contribution in [2.24, 2.45) is 0 Å². The van der Waals surface area contributed by atoms with Crippen molar-refractivity contribution in [2.75, 3.05) is 32.0 Å². The number of halogens is 1. The molecule has 232 valence electrons. The standard InChI is InChI=1S/C34H32ClN3O6S/c1-21(32(39)37-25-15-18-29(42-2)27(35)20-25)45-26-16-13-24(14-17-26)36-34(41)28(38-33(40)22-9-6-5-7-10-22)19-23-11-8-12-30(43-3)31(23)44-4/h5-21H,1-4H3,(H,36,41)(H,37,39)(H,38,40)/b28-19-. The predicted molar refractivity (Wildman–Crippen MR) is 178 cm³/mol. The number of amides is 3. The van der Waals surface area contributed by atoms with E-state index in [0.717, 1.165) is 4.90 Å². The van der Waals surface area contributed by atoms with Crippen LogP contribution in [0.15, 0.2) is 102 Å². The van der Waals surface area contributed by atoms with Gasteiger partial charge in [0.15, 0.2) is 11.5 Å². The van der Waals surface area contributed by atoms with Crippen molar-refractivity contribution in [2.45, 2.75) is 17.1 Å². The van der Waals surface area contributed by atoms with Gasteiger partial charge in [-0.25, -0.2) is 0 Å². The van der Waals surface area contributed by atoms with Crippen LogP contribution in [0.2, 0.25) is 5.02 Å². The Balaban J connectivity index is 1.47. The summed E-state index contributed by atoms with van der Waals surface area (Å²) in [6.45, 7) is 1.79. The lowest BCUT2D eigenvalue weighted by Gasteiger charge is -2.15. The number of methoxy groups -OCH3 is 3. The molecule has 0 aliphatic heterocycles. The number of rotatable bonds is 12. The molecular formula is C34H32ClN3O6S. The summed E-state index contributed by atoms with van der Waals surface area (Å²) in [5, 5.41) is 8.38. The molecular weight excluding hydrogens is 614 g/mol. The first-order valence-corrected chi connectivity index (χ1v) is 15.0. The van der Waals surface area contributed by atoms with E-state index in [1.54, 1.807) is 97.9 Å². The van der Waals surface area contributed by atoms with Crippen LogP contribution in [0.1, 0.15) is 22.8 Å². The second-order valence-corrected chi connectivity index (χ2v) is 11.4. The molecule has 1 unspecified atom stereocenters. The Kier molecular flexibility index (Phi) is 11.5. The van der Waals surface area contributed by atoms with Gasteiger partial charge in [-0.2, -0.15) is 0 Å². The minimum Gasteiger partial charge on any atom is -0.495 e. The largest absolute Gasteiger partial charge is 0.495 e. The second kappa shape index (κ2) is 15.7. The lowest BCUT2D eigenvalue weighted by Crippen LogP contribution is -2.30. The van der Waals surface area contributed by atoms with E-state index in [0.29, 0.717) is 44.8 Å². The van der Waals surface area contributed by atoms with Crippen molar-refractivity contribution in [3.63, 3.8) is 0 Å². The number of thioether (sulfide) groups is 1. The molecule has 3 N–H and O–H groups in total. The molecule has 0 fully saturated rings. The van der Waals surface area contributed by atoms with Gasteiger partial charge in [-0.1, -0.05) is 41.9 Å². The first-order valence-electron chi connectivity index (χ1n) is 13.7. The van der Waals surface area contributed by atoms with Crippen LogP contribution in [0.3, 0.4) is 0 Å². The lowest BCUT2D eigenvalue weighted by atomic mass is 10.1. The molecule has 4 aromatic carbocycles. The molecule has 1 atom stereocenters. The Labute approximate surface area is 270 Å². The van der Waals surface area contributed by atoms with E-state index < -0.39 is 17.1 Å². The number of hydrogen-bond donors (Lipinski definition) is 3. The van der Waals surface area contributed by atoms with Crippen LogP contribution in [-0.4, -0.2) is 44.3 Å². The molecule has 9 nitrogen and oxygen atoms in total. The average molecular weight is 646 g/mol. The minimum atomic E-state index is -0.546. The van der Waals surface area contributed by atoms with Gasteiger partial charge in [0.25, 0.3) is 11.8 Å². The topological polar surface area (TPSA) is 115 Å². The quantitative estimate of drug-likeness (QED) is 0.113. The van der Waals surface area contributed by atoms with Gasteiger partial charge in [0.05, 0.1) is 31.6 Å². The Hall–Kier alpha value is -4.93. The molecule has 0 bridgehead atoms. The maximum atomic E-state index is 13.5. The zero-order chi connectivity index (χ0) is 32.3. The van der Waals surface area contributed by atoms with Crippen molar-refractivity contribution in [1.82, 2.24) is 5.32 Å². The van der Waals surface area contributed by atoms with Gasteiger partial charge >= 0.3 is 0 Å². The van der Waals surface area contributed by atoms with E-state index in [1.165, 1.54) is 39.2 Å². The molecule has 0 aliphatic rings.